The third kappa shape index (κ3) is 1.03. The standard InChI is InChI=1S/C8H14N2O/c1-5(6-2-3-6)10-4-7(9)8(10)11/h5-7H,2-4,9H2,1H3. The van der Waals surface area contributed by atoms with Crippen LogP contribution in [0.1, 0.15) is 19.8 Å². The monoisotopic (exact) mass is 154 g/mol. The van der Waals surface area contributed by atoms with Crippen LogP contribution in [-0.4, -0.2) is 29.4 Å². The van der Waals surface area contributed by atoms with Gasteiger partial charge in [-0.2, -0.15) is 0 Å². The molecule has 62 valence electrons. The van der Waals surface area contributed by atoms with Gasteiger partial charge in [0, 0.05) is 12.6 Å². The average molecular weight is 154 g/mol. The van der Waals surface area contributed by atoms with Crippen LogP contribution in [0.3, 0.4) is 0 Å². The van der Waals surface area contributed by atoms with Gasteiger partial charge in [0.25, 0.3) is 0 Å². The van der Waals surface area contributed by atoms with E-state index in [2.05, 4.69) is 6.92 Å². The molecule has 0 aromatic carbocycles. The predicted molar refractivity (Wildman–Crippen MR) is 41.9 cm³/mol. The molecule has 0 aromatic heterocycles. The molecule has 1 saturated heterocycles. The SMILES string of the molecule is CC(C1CC1)N1CC(N)C1=O. The minimum absolute atomic E-state index is 0.143. The van der Waals surface area contributed by atoms with Gasteiger partial charge in [-0.15, -0.1) is 0 Å². The van der Waals surface area contributed by atoms with Crippen molar-refractivity contribution in [3.8, 4) is 0 Å². The molecule has 1 aliphatic carbocycles. The minimum atomic E-state index is -0.198. The Morgan fingerprint density at radius 3 is 2.64 bits per heavy atom. The number of hydrogen-bond donors (Lipinski definition) is 1. The molecule has 1 heterocycles. The van der Waals surface area contributed by atoms with Gasteiger partial charge in [0.1, 0.15) is 6.04 Å². The van der Waals surface area contributed by atoms with Gasteiger partial charge in [-0.3, -0.25) is 4.79 Å². The summed E-state index contributed by atoms with van der Waals surface area (Å²) in [7, 11) is 0. The van der Waals surface area contributed by atoms with Gasteiger partial charge in [-0.1, -0.05) is 0 Å². The van der Waals surface area contributed by atoms with E-state index in [4.69, 9.17) is 5.73 Å². The number of likely N-dealkylation sites (tertiary alicyclic amines) is 1. The molecule has 2 N–H and O–H groups in total. The van der Waals surface area contributed by atoms with Crippen molar-refractivity contribution in [3.05, 3.63) is 0 Å². The van der Waals surface area contributed by atoms with Crippen LogP contribution in [0.4, 0.5) is 0 Å². The van der Waals surface area contributed by atoms with Crippen LogP contribution < -0.4 is 5.73 Å². The highest BCUT2D eigenvalue weighted by molar-refractivity contribution is 5.88. The summed E-state index contributed by atoms with van der Waals surface area (Å²) in [5.41, 5.74) is 5.48. The lowest BCUT2D eigenvalue weighted by atomic mass is 10.0. The second kappa shape index (κ2) is 2.21. The zero-order chi connectivity index (χ0) is 8.01. The second-order valence-electron chi connectivity index (χ2n) is 3.68. The van der Waals surface area contributed by atoms with Crippen LogP contribution in [-0.2, 0) is 4.79 Å². The molecule has 0 spiro atoms. The third-order valence-electron chi connectivity index (χ3n) is 2.79. The molecule has 1 amide bonds. The Balaban J connectivity index is 1.91. The van der Waals surface area contributed by atoms with Gasteiger partial charge in [-0.05, 0) is 25.7 Å². The normalized spacial score (nSPS) is 33.5. The van der Waals surface area contributed by atoms with E-state index in [0.29, 0.717) is 6.04 Å². The lowest BCUT2D eigenvalue weighted by Gasteiger charge is -2.40. The Bertz CT molecular complexity index is 189. The van der Waals surface area contributed by atoms with E-state index in [9.17, 15) is 4.79 Å². The highest BCUT2D eigenvalue weighted by atomic mass is 16.2. The van der Waals surface area contributed by atoms with Crippen molar-refractivity contribution in [2.24, 2.45) is 11.7 Å². The lowest BCUT2D eigenvalue weighted by Crippen LogP contribution is -2.63. The fourth-order valence-corrected chi connectivity index (χ4v) is 1.68. The van der Waals surface area contributed by atoms with Crippen molar-refractivity contribution in [2.75, 3.05) is 6.54 Å². The summed E-state index contributed by atoms with van der Waals surface area (Å²) in [6.45, 7) is 2.90. The quantitative estimate of drug-likeness (QED) is 0.567. The average Bonchev–Trinajstić information content (AvgIpc) is 2.80. The van der Waals surface area contributed by atoms with Crippen molar-refractivity contribution in [2.45, 2.75) is 31.8 Å². The summed E-state index contributed by atoms with van der Waals surface area (Å²) >= 11 is 0. The van der Waals surface area contributed by atoms with Crippen molar-refractivity contribution in [3.63, 3.8) is 0 Å². The van der Waals surface area contributed by atoms with Gasteiger partial charge in [0.05, 0.1) is 0 Å². The molecule has 2 unspecified atom stereocenters. The van der Waals surface area contributed by atoms with E-state index in [1.165, 1.54) is 12.8 Å². The molecule has 11 heavy (non-hydrogen) atoms. The van der Waals surface area contributed by atoms with Crippen molar-refractivity contribution < 1.29 is 4.79 Å². The number of carbonyl (C=O) groups excluding carboxylic acids is 1. The lowest BCUT2D eigenvalue weighted by molar-refractivity contribution is -0.145. The molecule has 0 aromatic rings. The molecule has 2 atom stereocenters. The Kier molecular flexibility index (Phi) is 1.42. The zero-order valence-electron chi connectivity index (χ0n) is 6.79. The molecule has 1 saturated carbocycles. The Morgan fingerprint density at radius 1 is 1.64 bits per heavy atom. The van der Waals surface area contributed by atoms with E-state index in [1.807, 2.05) is 4.90 Å². The molecule has 3 nitrogen and oxygen atoms in total. The molecule has 1 aliphatic heterocycles. The van der Waals surface area contributed by atoms with Crippen molar-refractivity contribution >= 4 is 5.91 Å². The van der Waals surface area contributed by atoms with Gasteiger partial charge in [0.15, 0.2) is 0 Å². The summed E-state index contributed by atoms with van der Waals surface area (Å²) < 4.78 is 0. The van der Waals surface area contributed by atoms with Crippen LogP contribution in [0.5, 0.6) is 0 Å². The summed E-state index contributed by atoms with van der Waals surface area (Å²) in [5.74, 6) is 0.913. The Morgan fingerprint density at radius 2 is 2.27 bits per heavy atom. The van der Waals surface area contributed by atoms with Crippen LogP contribution in [0.15, 0.2) is 0 Å². The Labute approximate surface area is 66.5 Å². The van der Waals surface area contributed by atoms with Gasteiger partial charge >= 0.3 is 0 Å². The summed E-state index contributed by atoms with van der Waals surface area (Å²) in [6, 6.07) is 0.249. The molecule has 2 rings (SSSR count). The highest BCUT2D eigenvalue weighted by Crippen LogP contribution is 2.36. The minimum Gasteiger partial charge on any atom is -0.336 e. The maximum atomic E-state index is 11.1. The molecule has 2 fully saturated rings. The van der Waals surface area contributed by atoms with E-state index in [1.54, 1.807) is 0 Å². The van der Waals surface area contributed by atoms with E-state index < -0.39 is 0 Å². The van der Waals surface area contributed by atoms with E-state index in [-0.39, 0.29) is 11.9 Å². The predicted octanol–water partition coefficient (Wildman–Crippen LogP) is -0.0456. The Hall–Kier alpha value is -0.570. The maximum Gasteiger partial charge on any atom is 0.241 e. The summed E-state index contributed by atoms with van der Waals surface area (Å²) in [4.78, 5) is 13.0. The molecule has 3 heteroatoms. The first kappa shape index (κ1) is 7.10. The third-order valence-corrected chi connectivity index (χ3v) is 2.79. The number of carbonyl (C=O) groups is 1. The molecule has 0 radical (unpaired) electrons. The largest absolute Gasteiger partial charge is 0.336 e. The molecular formula is C8H14N2O. The smallest absolute Gasteiger partial charge is 0.241 e. The maximum absolute atomic E-state index is 11.1. The zero-order valence-corrected chi connectivity index (χ0v) is 6.79. The number of β-lactam (4-membered cyclic amide) rings is 1. The summed E-state index contributed by atoms with van der Waals surface area (Å²) in [5, 5.41) is 0. The van der Waals surface area contributed by atoms with Gasteiger partial charge in [-0.25, -0.2) is 0 Å². The van der Waals surface area contributed by atoms with Crippen LogP contribution >= 0.6 is 0 Å². The number of hydrogen-bond acceptors (Lipinski definition) is 2. The fourth-order valence-electron chi connectivity index (χ4n) is 1.68. The van der Waals surface area contributed by atoms with Crippen LogP contribution in [0, 0.1) is 5.92 Å². The van der Waals surface area contributed by atoms with Crippen molar-refractivity contribution in [1.82, 2.24) is 4.90 Å². The fraction of sp³-hybridized carbons (Fsp3) is 0.875. The molecule has 0 bridgehead atoms. The topological polar surface area (TPSA) is 46.3 Å². The first-order valence-corrected chi connectivity index (χ1v) is 4.26. The number of amides is 1. The van der Waals surface area contributed by atoms with Gasteiger partial charge in [0.2, 0.25) is 5.91 Å². The second-order valence-corrected chi connectivity index (χ2v) is 3.68. The summed E-state index contributed by atoms with van der Waals surface area (Å²) in [6.07, 6.45) is 2.58. The first-order valence-electron chi connectivity index (χ1n) is 4.26. The van der Waals surface area contributed by atoms with E-state index in [0.717, 1.165) is 12.5 Å². The van der Waals surface area contributed by atoms with Gasteiger partial charge < -0.3 is 10.6 Å². The highest BCUT2D eigenvalue weighted by Gasteiger charge is 2.42. The number of rotatable bonds is 2. The number of nitrogens with two attached hydrogens (primary N) is 1. The first-order chi connectivity index (χ1) is 5.20. The molecule has 2 aliphatic rings. The van der Waals surface area contributed by atoms with Crippen LogP contribution in [0.25, 0.3) is 0 Å². The molecular weight excluding hydrogens is 140 g/mol. The number of nitrogens with zero attached hydrogens (tertiary/aromatic N) is 1. The van der Waals surface area contributed by atoms with Crippen molar-refractivity contribution in [1.29, 1.82) is 0 Å². The van der Waals surface area contributed by atoms with E-state index >= 15 is 0 Å². The van der Waals surface area contributed by atoms with Crippen LogP contribution in [0.2, 0.25) is 0 Å².